The van der Waals surface area contributed by atoms with Gasteiger partial charge >= 0.3 is 0 Å². The molecular weight excluding hydrogens is 156 g/mol. The Kier molecular flexibility index (Phi) is 4.46. The molecule has 0 aliphatic rings. The van der Waals surface area contributed by atoms with Crippen molar-refractivity contribution < 1.29 is 0 Å². The normalized spacial score (nSPS) is 18.0. The van der Waals surface area contributed by atoms with Crippen LogP contribution in [-0.4, -0.2) is 5.88 Å². The summed E-state index contributed by atoms with van der Waals surface area (Å²) >= 11 is 5.93. The molecule has 1 heteroatoms. The van der Waals surface area contributed by atoms with Crippen molar-refractivity contribution >= 4 is 11.6 Å². The maximum absolute atomic E-state index is 5.93. The lowest BCUT2D eigenvalue weighted by Gasteiger charge is -2.33. The lowest BCUT2D eigenvalue weighted by atomic mass is 9.74. The third-order valence-corrected chi connectivity index (χ3v) is 2.94. The van der Waals surface area contributed by atoms with Crippen LogP contribution in [0.15, 0.2) is 0 Å². The van der Waals surface area contributed by atoms with Gasteiger partial charge in [-0.3, -0.25) is 0 Å². The van der Waals surface area contributed by atoms with Crippen molar-refractivity contribution in [1.82, 2.24) is 0 Å². The molecule has 0 saturated heterocycles. The van der Waals surface area contributed by atoms with E-state index in [2.05, 4.69) is 34.6 Å². The summed E-state index contributed by atoms with van der Waals surface area (Å²) in [6.07, 6.45) is 1.23. The smallest absolute Gasteiger partial charge is 0.0259 e. The molecule has 0 saturated carbocycles. The van der Waals surface area contributed by atoms with Crippen molar-refractivity contribution in [3.05, 3.63) is 0 Å². The largest absolute Gasteiger partial charge is 0.126 e. The number of hydrogen-bond donors (Lipinski definition) is 0. The highest BCUT2D eigenvalue weighted by molar-refractivity contribution is 6.18. The molecule has 0 rings (SSSR count). The van der Waals surface area contributed by atoms with E-state index in [-0.39, 0.29) is 0 Å². The topological polar surface area (TPSA) is 0 Å². The Bertz CT molecular complexity index is 102. The van der Waals surface area contributed by atoms with Crippen molar-refractivity contribution in [3.8, 4) is 0 Å². The Morgan fingerprint density at radius 2 is 1.73 bits per heavy atom. The third kappa shape index (κ3) is 3.46. The van der Waals surface area contributed by atoms with E-state index in [1.54, 1.807) is 0 Å². The second-order valence-corrected chi connectivity index (χ2v) is 4.82. The van der Waals surface area contributed by atoms with Gasteiger partial charge in [0.05, 0.1) is 0 Å². The van der Waals surface area contributed by atoms with Crippen molar-refractivity contribution in [2.24, 2.45) is 17.3 Å². The van der Waals surface area contributed by atoms with E-state index < -0.39 is 0 Å². The first-order valence-corrected chi connectivity index (χ1v) is 5.02. The molecule has 0 aromatic carbocycles. The van der Waals surface area contributed by atoms with Gasteiger partial charge in [0.1, 0.15) is 0 Å². The Hall–Kier alpha value is 0.290. The van der Waals surface area contributed by atoms with Gasteiger partial charge in [0.2, 0.25) is 0 Å². The van der Waals surface area contributed by atoms with Crippen LogP contribution in [0.5, 0.6) is 0 Å². The molecule has 11 heavy (non-hydrogen) atoms. The summed E-state index contributed by atoms with van der Waals surface area (Å²) in [4.78, 5) is 0. The summed E-state index contributed by atoms with van der Waals surface area (Å²) in [7, 11) is 0. The second kappa shape index (κ2) is 4.35. The molecule has 0 heterocycles. The zero-order chi connectivity index (χ0) is 9.07. The van der Waals surface area contributed by atoms with Gasteiger partial charge in [-0.2, -0.15) is 0 Å². The van der Waals surface area contributed by atoms with E-state index in [1.165, 1.54) is 6.42 Å². The standard InChI is InChI=1S/C10H21Cl/c1-6-8(2)9(7-11)10(3,4)5/h8-9H,6-7H2,1-5H3. The zero-order valence-corrected chi connectivity index (χ0v) is 9.20. The first-order chi connectivity index (χ1) is 4.93. The van der Waals surface area contributed by atoms with Gasteiger partial charge in [-0.15, -0.1) is 11.6 Å². The summed E-state index contributed by atoms with van der Waals surface area (Å²) in [6.45, 7) is 11.3. The maximum Gasteiger partial charge on any atom is 0.0259 e. The average Bonchev–Trinajstić information content (AvgIpc) is 1.86. The van der Waals surface area contributed by atoms with Crippen molar-refractivity contribution in [1.29, 1.82) is 0 Å². The van der Waals surface area contributed by atoms with Crippen LogP contribution in [-0.2, 0) is 0 Å². The number of alkyl halides is 1. The van der Waals surface area contributed by atoms with Gasteiger partial charge in [-0.25, -0.2) is 0 Å². The highest BCUT2D eigenvalue weighted by Gasteiger charge is 2.27. The first kappa shape index (κ1) is 11.3. The number of hydrogen-bond acceptors (Lipinski definition) is 0. The molecule has 2 atom stereocenters. The van der Waals surface area contributed by atoms with Crippen molar-refractivity contribution in [3.63, 3.8) is 0 Å². The molecule has 0 spiro atoms. The monoisotopic (exact) mass is 176 g/mol. The minimum absolute atomic E-state index is 0.358. The minimum Gasteiger partial charge on any atom is -0.126 e. The fourth-order valence-electron chi connectivity index (χ4n) is 1.52. The molecule has 0 fully saturated rings. The molecule has 0 aromatic heterocycles. The lowest BCUT2D eigenvalue weighted by Crippen LogP contribution is -2.27. The van der Waals surface area contributed by atoms with Crippen molar-refractivity contribution in [2.75, 3.05) is 5.88 Å². The fourth-order valence-corrected chi connectivity index (χ4v) is 2.29. The number of rotatable bonds is 3. The van der Waals surface area contributed by atoms with Crippen LogP contribution < -0.4 is 0 Å². The third-order valence-electron chi connectivity index (χ3n) is 2.61. The zero-order valence-electron chi connectivity index (χ0n) is 8.45. The molecule has 0 nitrogen and oxygen atoms in total. The summed E-state index contributed by atoms with van der Waals surface area (Å²) < 4.78 is 0. The Labute approximate surface area is 76.3 Å². The molecule has 68 valence electrons. The van der Waals surface area contributed by atoms with E-state index in [0.29, 0.717) is 11.3 Å². The van der Waals surface area contributed by atoms with Crippen LogP contribution in [0.3, 0.4) is 0 Å². The van der Waals surface area contributed by atoms with E-state index >= 15 is 0 Å². The molecular formula is C10H21Cl. The SMILES string of the molecule is CCC(C)C(CCl)C(C)(C)C. The van der Waals surface area contributed by atoms with Gasteiger partial charge in [-0.05, 0) is 17.3 Å². The van der Waals surface area contributed by atoms with Gasteiger partial charge in [0, 0.05) is 5.88 Å². The van der Waals surface area contributed by atoms with E-state index in [9.17, 15) is 0 Å². The molecule has 2 unspecified atom stereocenters. The molecule has 0 aromatic rings. The Balaban J connectivity index is 4.16. The maximum atomic E-state index is 5.93. The second-order valence-electron chi connectivity index (χ2n) is 4.51. The quantitative estimate of drug-likeness (QED) is 0.572. The van der Waals surface area contributed by atoms with Crippen LogP contribution in [0, 0.1) is 17.3 Å². The Morgan fingerprint density at radius 1 is 1.27 bits per heavy atom. The highest BCUT2D eigenvalue weighted by Crippen LogP contribution is 2.34. The molecule has 0 N–H and O–H groups in total. The van der Waals surface area contributed by atoms with Gasteiger partial charge in [-0.1, -0.05) is 41.0 Å². The summed E-state index contributed by atoms with van der Waals surface area (Å²) in [5.74, 6) is 2.18. The van der Waals surface area contributed by atoms with Gasteiger partial charge < -0.3 is 0 Å². The predicted molar refractivity (Wildman–Crippen MR) is 53.1 cm³/mol. The highest BCUT2D eigenvalue weighted by atomic mass is 35.5. The fraction of sp³-hybridized carbons (Fsp3) is 1.00. The van der Waals surface area contributed by atoms with E-state index in [4.69, 9.17) is 11.6 Å². The lowest BCUT2D eigenvalue weighted by molar-refractivity contribution is 0.188. The minimum atomic E-state index is 0.358. The molecule has 0 radical (unpaired) electrons. The number of halogens is 1. The Morgan fingerprint density at radius 3 is 1.82 bits per heavy atom. The van der Waals surface area contributed by atoms with E-state index in [0.717, 1.165) is 11.8 Å². The average molecular weight is 177 g/mol. The molecule has 0 aliphatic heterocycles. The van der Waals surface area contributed by atoms with Crippen LogP contribution in [0.1, 0.15) is 41.0 Å². The van der Waals surface area contributed by atoms with Crippen LogP contribution in [0.4, 0.5) is 0 Å². The molecule has 0 amide bonds. The predicted octanol–water partition coefficient (Wildman–Crippen LogP) is 3.93. The van der Waals surface area contributed by atoms with Crippen LogP contribution >= 0.6 is 11.6 Å². The van der Waals surface area contributed by atoms with Crippen LogP contribution in [0.25, 0.3) is 0 Å². The van der Waals surface area contributed by atoms with Gasteiger partial charge in [0.25, 0.3) is 0 Å². The summed E-state index contributed by atoms with van der Waals surface area (Å²) in [5.41, 5.74) is 0.358. The molecule has 0 aliphatic carbocycles. The summed E-state index contributed by atoms with van der Waals surface area (Å²) in [5, 5.41) is 0. The van der Waals surface area contributed by atoms with Crippen molar-refractivity contribution in [2.45, 2.75) is 41.0 Å². The van der Waals surface area contributed by atoms with E-state index in [1.807, 2.05) is 0 Å². The first-order valence-electron chi connectivity index (χ1n) is 4.49. The molecule has 0 bridgehead atoms. The summed E-state index contributed by atoms with van der Waals surface area (Å²) in [6, 6.07) is 0. The van der Waals surface area contributed by atoms with Crippen LogP contribution in [0.2, 0.25) is 0 Å². The van der Waals surface area contributed by atoms with Gasteiger partial charge in [0.15, 0.2) is 0 Å².